The van der Waals surface area contributed by atoms with Crippen LogP contribution in [0.3, 0.4) is 0 Å². The SMILES string of the molecule is CC(O)(CCc1cccs1)CC1COCCN1. The van der Waals surface area contributed by atoms with Crippen molar-refractivity contribution in [3.8, 4) is 0 Å². The van der Waals surface area contributed by atoms with Crippen molar-refractivity contribution < 1.29 is 9.84 Å². The highest BCUT2D eigenvalue weighted by molar-refractivity contribution is 7.09. The molecule has 2 N–H and O–H groups in total. The Morgan fingerprint density at radius 3 is 3.18 bits per heavy atom. The van der Waals surface area contributed by atoms with Gasteiger partial charge in [-0.25, -0.2) is 0 Å². The van der Waals surface area contributed by atoms with Gasteiger partial charge in [0.25, 0.3) is 0 Å². The van der Waals surface area contributed by atoms with Crippen LogP contribution in [-0.4, -0.2) is 36.5 Å². The molecule has 0 spiro atoms. The van der Waals surface area contributed by atoms with Crippen molar-refractivity contribution in [1.29, 1.82) is 0 Å². The molecule has 1 aliphatic heterocycles. The van der Waals surface area contributed by atoms with E-state index in [1.165, 1.54) is 4.88 Å². The van der Waals surface area contributed by atoms with E-state index < -0.39 is 5.60 Å². The Labute approximate surface area is 107 Å². The van der Waals surface area contributed by atoms with Gasteiger partial charge in [-0.3, -0.25) is 0 Å². The highest BCUT2D eigenvalue weighted by atomic mass is 32.1. The van der Waals surface area contributed by atoms with Gasteiger partial charge in [0.05, 0.1) is 18.8 Å². The first-order chi connectivity index (χ1) is 8.16. The van der Waals surface area contributed by atoms with Gasteiger partial charge in [-0.05, 0) is 37.6 Å². The summed E-state index contributed by atoms with van der Waals surface area (Å²) in [6.07, 6.45) is 2.53. The number of thiophene rings is 1. The number of ether oxygens (including phenoxy) is 1. The summed E-state index contributed by atoms with van der Waals surface area (Å²) in [5.74, 6) is 0. The Hall–Kier alpha value is -0.420. The molecule has 0 aromatic carbocycles. The number of hydrogen-bond donors (Lipinski definition) is 2. The van der Waals surface area contributed by atoms with Crippen LogP contribution in [0.1, 0.15) is 24.6 Å². The second-order valence-electron chi connectivity index (χ2n) is 5.01. The third-order valence-corrected chi connectivity index (χ3v) is 4.11. The van der Waals surface area contributed by atoms with Gasteiger partial charge in [-0.2, -0.15) is 0 Å². The fourth-order valence-electron chi connectivity index (χ4n) is 2.23. The predicted molar refractivity (Wildman–Crippen MR) is 70.5 cm³/mol. The zero-order valence-electron chi connectivity index (χ0n) is 10.3. The number of rotatable bonds is 5. The van der Waals surface area contributed by atoms with E-state index in [1.807, 2.05) is 6.92 Å². The number of hydrogen-bond acceptors (Lipinski definition) is 4. The quantitative estimate of drug-likeness (QED) is 0.843. The molecule has 2 heterocycles. The second-order valence-corrected chi connectivity index (χ2v) is 6.04. The Morgan fingerprint density at radius 2 is 2.53 bits per heavy atom. The maximum atomic E-state index is 10.4. The maximum absolute atomic E-state index is 10.4. The summed E-state index contributed by atoms with van der Waals surface area (Å²) in [4.78, 5) is 1.35. The molecule has 0 amide bonds. The Kier molecular flexibility index (Phi) is 4.56. The van der Waals surface area contributed by atoms with Crippen molar-refractivity contribution in [1.82, 2.24) is 5.32 Å². The number of morpholine rings is 1. The fourth-order valence-corrected chi connectivity index (χ4v) is 2.94. The van der Waals surface area contributed by atoms with E-state index in [0.717, 1.165) is 39.0 Å². The standard InChI is InChI=1S/C13H21NO2S/c1-13(15,5-4-12-3-2-8-17-12)9-11-10-16-7-6-14-11/h2-3,8,11,14-15H,4-7,9-10H2,1H3. The summed E-state index contributed by atoms with van der Waals surface area (Å²) in [5, 5.41) is 15.8. The van der Waals surface area contributed by atoms with Crippen LogP contribution >= 0.6 is 11.3 Å². The van der Waals surface area contributed by atoms with Crippen molar-refractivity contribution in [3.05, 3.63) is 22.4 Å². The van der Waals surface area contributed by atoms with E-state index in [1.54, 1.807) is 11.3 Å². The Morgan fingerprint density at radius 1 is 1.65 bits per heavy atom. The summed E-state index contributed by atoms with van der Waals surface area (Å²) >= 11 is 1.76. The molecule has 17 heavy (non-hydrogen) atoms. The molecule has 2 unspecified atom stereocenters. The van der Waals surface area contributed by atoms with E-state index in [0.29, 0.717) is 6.04 Å². The lowest BCUT2D eigenvalue weighted by molar-refractivity contribution is 0.00131. The van der Waals surface area contributed by atoms with Crippen molar-refractivity contribution in [3.63, 3.8) is 0 Å². The first-order valence-electron chi connectivity index (χ1n) is 6.22. The van der Waals surface area contributed by atoms with Crippen LogP contribution in [0.15, 0.2) is 17.5 Å². The lowest BCUT2D eigenvalue weighted by Gasteiger charge is -2.31. The summed E-state index contributed by atoms with van der Waals surface area (Å²) in [6.45, 7) is 4.32. The number of aryl methyl sites for hydroxylation is 1. The highest BCUT2D eigenvalue weighted by Crippen LogP contribution is 2.22. The molecule has 1 aliphatic rings. The average molecular weight is 255 g/mol. The maximum Gasteiger partial charge on any atom is 0.0639 e. The molecule has 1 fully saturated rings. The fraction of sp³-hybridized carbons (Fsp3) is 0.692. The molecule has 0 bridgehead atoms. The van der Waals surface area contributed by atoms with Gasteiger partial charge in [0, 0.05) is 17.5 Å². The summed E-state index contributed by atoms with van der Waals surface area (Å²) in [7, 11) is 0. The van der Waals surface area contributed by atoms with Crippen LogP contribution in [0.2, 0.25) is 0 Å². The van der Waals surface area contributed by atoms with Crippen molar-refractivity contribution in [2.45, 2.75) is 37.8 Å². The summed E-state index contributed by atoms with van der Waals surface area (Å²) in [5.41, 5.74) is -0.609. The van der Waals surface area contributed by atoms with Gasteiger partial charge in [-0.15, -0.1) is 11.3 Å². The average Bonchev–Trinajstić information content (AvgIpc) is 2.80. The van der Waals surface area contributed by atoms with Crippen molar-refractivity contribution in [2.75, 3.05) is 19.8 Å². The van der Waals surface area contributed by atoms with Crippen LogP contribution in [0.4, 0.5) is 0 Å². The first kappa shape index (κ1) is 13.0. The zero-order chi connectivity index (χ0) is 12.1. The van der Waals surface area contributed by atoms with E-state index >= 15 is 0 Å². The van der Waals surface area contributed by atoms with Crippen LogP contribution in [0, 0.1) is 0 Å². The third-order valence-electron chi connectivity index (χ3n) is 3.17. The Bertz CT molecular complexity index is 318. The molecule has 1 saturated heterocycles. The monoisotopic (exact) mass is 255 g/mol. The van der Waals surface area contributed by atoms with E-state index in [-0.39, 0.29) is 0 Å². The van der Waals surface area contributed by atoms with Gasteiger partial charge in [-0.1, -0.05) is 6.07 Å². The van der Waals surface area contributed by atoms with Gasteiger partial charge in [0.1, 0.15) is 0 Å². The minimum absolute atomic E-state index is 0.294. The lowest BCUT2D eigenvalue weighted by Crippen LogP contribution is -2.46. The molecular formula is C13H21NO2S. The first-order valence-corrected chi connectivity index (χ1v) is 7.10. The van der Waals surface area contributed by atoms with Crippen LogP contribution in [-0.2, 0) is 11.2 Å². The van der Waals surface area contributed by atoms with Gasteiger partial charge in [0.15, 0.2) is 0 Å². The molecule has 0 saturated carbocycles. The second kappa shape index (κ2) is 5.96. The Balaban J connectivity index is 1.77. The minimum atomic E-state index is -0.609. The van der Waals surface area contributed by atoms with Crippen molar-refractivity contribution >= 4 is 11.3 Å². The molecule has 2 atom stereocenters. The molecule has 3 nitrogen and oxygen atoms in total. The minimum Gasteiger partial charge on any atom is -0.390 e. The molecular weight excluding hydrogens is 234 g/mol. The normalized spacial score (nSPS) is 24.5. The summed E-state index contributed by atoms with van der Waals surface area (Å²) in [6, 6.07) is 4.48. The van der Waals surface area contributed by atoms with Crippen LogP contribution in [0.25, 0.3) is 0 Å². The molecule has 0 aliphatic carbocycles. The smallest absolute Gasteiger partial charge is 0.0639 e. The topological polar surface area (TPSA) is 41.5 Å². The molecule has 4 heteroatoms. The van der Waals surface area contributed by atoms with E-state index in [4.69, 9.17) is 4.74 Å². The molecule has 0 radical (unpaired) electrons. The van der Waals surface area contributed by atoms with Crippen LogP contribution in [0.5, 0.6) is 0 Å². The van der Waals surface area contributed by atoms with Crippen LogP contribution < -0.4 is 5.32 Å². The summed E-state index contributed by atoms with van der Waals surface area (Å²) < 4.78 is 5.41. The van der Waals surface area contributed by atoms with E-state index in [2.05, 4.69) is 22.8 Å². The highest BCUT2D eigenvalue weighted by Gasteiger charge is 2.26. The predicted octanol–water partition coefficient (Wildman–Crippen LogP) is 1.81. The van der Waals surface area contributed by atoms with Gasteiger partial charge in [0.2, 0.25) is 0 Å². The molecule has 96 valence electrons. The van der Waals surface area contributed by atoms with Crippen molar-refractivity contribution in [2.24, 2.45) is 0 Å². The number of nitrogens with one attached hydrogen (secondary N) is 1. The molecule has 2 rings (SSSR count). The van der Waals surface area contributed by atoms with Gasteiger partial charge < -0.3 is 15.2 Å². The number of aliphatic hydroxyl groups is 1. The zero-order valence-corrected chi connectivity index (χ0v) is 11.1. The molecule has 1 aromatic heterocycles. The lowest BCUT2D eigenvalue weighted by atomic mass is 9.91. The largest absolute Gasteiger partial charge is 0.390 e. The van der Waals surface area contributed by atoms with Gasteiger partial charge >= 0.3 is 0 Å². The third kappa shape index (κ3) is 4.39. The molecule has 1 aromatic rings. The van der Waals surface area contributed by atoms with E-state index in [9.17, 15) is 5.11 Å².